The topological polar surface area (TPSA) is 55.6 Å². The van der Waals surface area contributed by atoms with Gasteiger partial charge in [-0.25, -0.2) is 9.37 Å². The van der Waals surface area contributed by atoms with Crippen LogP contribution in [-0.2, 0) is 13.1 Å². The van der Waals surface area contributed by atoms with Crippen LogP contribution in [0.3, 0.4) is 0 Å². The molecule has 0 unspecified atom stereocenters. The van der Waals surface area contributed by atoms with Crippen molar-refractivity contribution in [1.29, 1.82) is 0 Å². The average molecular weight is 418 g/mol. The minimum absolute atomic E-state index is 0.0935. The van der Waals surface area contributed by atoms with E-state index in [1.54, 1.807) is 11.0 Å². The number of nitrogens with zero attached hydrogens (tertiary/aromatic N) is 2. The first-order chi connectivity index (χ1) is 14.9. The summed E-state index contributed by atoms with van der Waals surface area (Å²) in [5.74, 6) is -0.382. The Hall–Kier alpha value is -3.67. The SMILES string of the molecule is COc1ccc(C(=O)N(Cc2ccc(C)cc2)Cc2nc3cc(C)ccc3o2)cc1F. The molecular weight excluding hydrogens is 395 g/mol. The lowest BCUT2D eigenvalue weighted by Crippen LogP contribution is -2.30. The van der Waals surface area contributed by atoms with Gasteiger partial charge in [0.05, 0.1) is 13.7 Å². The number of aromatic nitrogens is 1. The fraction of sp³-hybridized carbons (Fsp3) is 0.200. The van der Waals surface area contributed by atoms with Gasteiger partial charge in [0.2, 0.25) is 5.89 Å². The number of halogens is 1. The number of carbonyl (C=O) groups excluding carboxylic acids is 1. The Bertz CT molecular complexity index is 1230. The van der Waals surface area contributed by atoms with Gasteiger partial charge in [0, 0.05) is 12.1 Å². The predicted molar refractivity (Wildman–Crippen MR) is 116 cm³/mol. The maximum absolute atomic E-state index is 14.2. The number of hydrogen-bond donors (Lipinski definition) is 0. The van der Waals surface area contributed by atoms with Crippen LogP contribution in [0.15, 0.2) is 65.1 Å². The molecular formula is C25H23FN2O3. The summed E-state index contributed by atoms with van der Waals surface area (Å²) in [5, 5.41) is 0. The van der Waals surface area contributed by atoms with E-state index in [9.17, 15) is 9.18 Å². The average Bonchev–Trinajstić information content (AvgIpc) is 3.15. The van der Waals surface area contributed by atoms with E-state index in [1.165, 1.54) is 19.2 Å². The van der Waals surface area contributed by atoms with E-state index < -0.39 is 5.82 Å². The largest absolute Gasteiger partial charge is 0.494 e. The molecule has 158 valence electrons. The third-order valence-corrected chi connectivity index (χ3v) is 5.09. The maximum atomic E-state index is 14.2. The molecule has 4 aromatic rings. The number of methoxy groups -OCH3 is 1. The van der Waals surface area contributed by atoms with Crippen molar-refractivity contribution in [1.82, 2.24) is 9.88 Å². The Morgan fingerprint density at radius 2 is 1.74 bits per heavy atom. The number of aryl methyl sites for hydroxylation is 2. The summed E-state index contributed by atoms with van der Waals surface area (Å²) in [7, 11) is 1.39. The van der Waals surface area contributed by atoms with Crippen LogP contribution in [0, 0.1) is 19.7 Å². The van der Waals surface area contributed by atoms with Crippen molar-refractivity contribution in [2.24, 2.45) is 0 Å². The lowest BCUT2D eigenvalue weighted by molar-refractivity contribution is 0.0715. The summed E-state index contributed by atoms with van der Waals surface area (Å²) < 4.78 is 25.0. The van der Waals surface area contributed by atoms with E-state index >= 15 is 0 Å². The second-order valence-corrected chi connectivity index (χ2v) is 7.57. The van der Waals surface area contributed by atoms with Crippen molar-refractivity contribution >= 4 is 17.0 Å². The number of hydrogen-bond acceptors (Lipinski definition) is 4. The van der Waals surface area contributed by atoms with Crippen molar-refractivity contribution in [3.63, 3.8) is 0 Å². The molecule has 0 N–H and O–H groups in total. The van der Waals surface area contributed by atoms with Crippen LogP contribution in [0.4, 0.5) is 4.39 Å². The number of carbonyl (C=O) groups is 1. The monoisotopic (exact) mass is 418 g/mol. The zero-order valence-electron chi connectivity index (χ0n) is 17.7. The molecule has 0 saturated heterocycles. The molecule has 0 aliphatic carbocycles. The number of amides is 1. The van der Waals surface area contributed by atoms with Gasteiger partial charge in [-0.1, -0.05) is 35.9 Å². The summed E-state index contributed by atoms with van der Waals surface area (Å²) >= 11 is 0. The third kappa shape index (κ3) is 4.58. The van der Waals surface area contributed by atoms with Gasteiger partial charge in [-0.2, -0.15) is 0 Å². The van der Waals surface area contributed by atoms with Crippen LogP contribution in [0.2, 0.25) is 0 Å². The second-order valence-electron chi connectivity index (χ2n) is 7.57. The molecule has 0 radical (unpaired) electrons. The summed E-state index contributed by atoms with van der Waals surface area (Å²) in [6, 6.07) is 17.9. The van der Waals surface area contributed by atoms with Gasteiger partial charge in [-0.05, 0) is 55.3 Å². The van der Waals surface area contributed by atoms with Crippen molar-refractivity contribution in [3.8, 4) is 5.75 Å². The van der Waals surface area contributed by atoms with Crippen molar-refractivity contribution in [2.45, 2.75) is 26.9 Å². The molecule has 0 spiro atoms. The smallest absolute Gasteiger partial charge is 0.254 e. The van der Waals surface area contributed by atoms with Crippen molar-refractivity contribution in [3.05, 3.63) is 94.6 Å². The zero-order valence-corrected chi connectivity index (χ0v) is 17.7. The number of benzene rings is 3. The normalized spacial score (nSPS) is 11.0. The highest BCUT2D eigenvalue weighted by Crippen LogP contribution is 2.22. The van der Waals surface area contributed by atoms with Crippen LogP contribution in [-0.4, -0.2) is 22.9 Å². The molecule has 0 bridgehead atoms. The molecule has 6 heteroatoms. The molecule has 0 saturated carbocycles. The minimum atomic E-state index is -0.582. The zero-order chi connectivity index (χ0) is 22.0. The highest BCUT2D eigenvalue weighted by atomic mass is 19.1. The minimum Gasteiger partial charge on any atom is -0.494 e. The Kier molecular flexibility index (Phi) is 5.71. The molecule has 0 atom stereocenters. The number of fused-ring (bicyclic) bond motifs is 1. The standard InChI is InChI=1S/C25H23FN2O3/c1-16-4-7-18(8-5-16)14-28(25(29)19-9-11-22(30-3)20(26)13-19)15-24-27-21-12-17(2)6-10-23(21)31-24/h4-13H,14-15H2,1-3H3. The first-order valence-electron chi connectivity index (χ1n) is 9.97. The Labute approximate surface area is 180 Å². The molecule has 5 nitrogen and oxygen atoms in total. The molecule has 1 amide bonds. The third-order valence-electron chi connectivity index (χ3n) is 5.09. The van der Waals surface area contributed by atoms with E-state index in [0.717, 1.165) is 22.2 Å². The summed E-state index contributed by atoms with van der Waals surface area (Å²) in [6.45, 7) is 4.49. The van der Waals surface area contributed by atoms with E-state index in [-0.39, 0.29) is 23.8 Å². The highest BCUT2D eigenvalue weighted by molar-refractivity contribution is 5.94. The van der Waals surface area contributed by atoms with Crippen LogP contribution in [0.25, 0.3) is 11.1 Å². The molecule has 31 heavy (non-hydrogen) atoms. The molecule has 0 aliphatic heterocycles. The Morgan fingerprint density at radius 3 is 2.45 bits per heavy atom. The van der Waals surface area contributed by atoms with Gasteiger partial charge < -0.3 is 14.1 Å². The van der Waals surface area contributed by atoms with Crippen LogP contribution in [0.5, 0.6) is 5.75 Å². The molecule has 0 fully saturated rings. The van der Waals surface area contributed by atoms with Crippen LogP contribution < -0.4 is 4.74 Å². The summed E-state index contributed by atoms with van der Waals surface area (Å²) in [5.41, 5.74) is 4.81. The summed E-state index contributed by atoms with van der Waals surface area (Å²) in [6.07, 6.45) is 0. The second kappa shape index (κ2) is 8.60. The Morgan fingerprint density at radius 1 is 1.00 bits per heavy atom. The van der Waals surface area contributed by atoms with Gasteiger partial charge in [0.1, 0.15) is 5.52 Å². The van der Waals surface area contributed by atoms with E-state index in [1.807, 2.05) is 56.3 Å². The summed E-state index contributed by atoms with van der Waals surface area (Å²) in [4.78, 5) is 19.4. The lowest BCUT2D eigenvalue weighted by atomic mass is 10.1. The van der Waals surface area contributed by atoms with Gasteiger partial charge in [0.15, 0.2) is 17.1 Å². The van der Waals surface area contributed by atoms with Crippen LogP contribution in [0.1, 0.15) is 32.9 Å². The Balaban J connectivity index is 1.66. The fourth-order valence-electron chi connectivity index (χ4n) is 3.41. The first kappa shape index (κ1) is 20.6. The van der Waals surface area contributed by atoms with E-state index in [0.29, 0.717) is 18.0 Å². The van der Waals surface area contributed by atoms with Crippen molar-refractivity contribution in [2.75, 3.05) is 7.11 Å². The highest BCUT2D eigenvalue weighted by Gasteiger charge is 2.21. The van der Waals surface area contributed by atoms with Crippen molar-refractivity contribution < 1.29 is 18.3 Å². The van der Waals surface area contributed by atoms with Gasteiger partial charge in [-0.3, -0.25) is 4.79 Å². The number of rotatable bonds is 6. The molecule has 4 rings (SSSR count). The van der Waals surface area contributed by atoms with Gasteiger partial charge in [0.25, 0.3) is 5.91 Å². The predicted octanol–water partition coefficient (Wildman–Crippen LogP) is 5.43. The quantitative estimate of drug-likeness (QED) is 0.419. The van der Waals surface area contributed by atoms with E-state index in [2.05, 4.69) is 4.98 Å². The molecule has 0 aliphatic rings. The molecule has 1 heterocycles. The number of oxazole rings is 1. The lowest BCUT2D eigenvalue weighted by Gasteiger charge is -2.22. The maximum Gasteiger partial charge on any atom is 0.254 e. The molecule has 1 aromatic heterocycles. The molecule has 3 aromatic carbocycles. The van der Waals surface area contributed by atoms with Gasteiger partial charge >= 0.3 is 0 Å². The number of ether oxygens (including phenoxy) is 1. The van der Waals surface area contributed by atoms with Gasteiger partial charge in [-0.15, -0.1) is 0 Å². The van der Waals surface area contributed by atoms with E-state index in [4.69, 9.17) is 9.15 Å². The van der Waals surface area contributed by atoms with Crippen LogP contribution >= 0.6 is 0 Å². The first-order valence-corrected chi connectivity index (χ1v) is 9.97. The fourth-order valence-corrected chi connectivity index (χ4v) is 3.41.